The molecule has 2 rings (SSSR count). The second-order valence-electron chi connectivity index (χ2n) is 6.62. The van der Waals surface area contributed by atoms with Crippen LogP contribution in [0.5, 0.6) is 0 Å². The number of hydrogen-bond acceptors (Lipinski definition) is 2. The Morgan fingerprint density at radius 1 is 1.14 bits per heavy atom. The highest BCUT2D eigenvalue weighted by Crippen LogP contribution is 2.30. The molecule has 1 saturated carbocycles. The highest BCUT2D eigenvalue weighted by Gasteiger charge is 2.25. The van der Waals surface area contributed by atoms with Crippen molar-refractivity contribution in [1.29, 1.82) is 0 Å². The van der Waals surface area contributed by atoms with E-state index in [0.29, 0.717) is 6.04 Å². The summed E-state index contributed by atoms with van der Waals surface area (Å²) in [6, 6.07) is 9.53. The van der Waals surface area contributed by atoms with Gasteiger partial charge in [0.25, 0.3) is 0 Å². The zero-order chi connectivity index (χ0) is 15.1. The Labute approximate surface area is 130 Å². The van der Waals surface area contributed by atoms with Gasteiger partial charge in [0.2, 0.25) is 0 Å². The zero-order valence-electron chi connectivity index (χ0n) is 14.1. The van der Waals surface area contributed by atoms with Gasteiger partial charge in [-0.1, -0.05) is 43.7 Å². The largest absolute Gasteiger partial charge is 0.309 e. The first-order chi connectivity index (χ1) is 10.2. The minimum absolute atomic E-state index is 0.468. The predicted molar refractivity (Wildman–Crippen MR) is 91.7 cm³/mol. The molecule has 2 heteroatoms. The fraction of sp³-hybridized carbons (Fsp3) is 0.684. The minimum atomic E-state index is 0.468. The summed E-state index contributed by atoms with van der Waals surface area (Å²) in [7, 11) is 0. The monoisotopic (exact) mass is 288 g/mol. The molecule has 0 bridgehead atoms. The number of rotatable bonds is 10. The van der Waals surface area contributed by atoms with E-state index in [1.54, 1.807) is 0 Å². The van der Waals surface area contributed by atoms with Crippen molar-refractivity contribution in [1.82, 2.24) is 10.2 Å². The van der Waals surface area contributed by atoms with E-state index in [1.807, 2.05) is 0 Å². The van der Waals surface area contributed by atoms with Crippen LogP contribution in [0.1, 0.15) is 56.7 Å². The summed E-state index contributed by atoms with van der Waals surface area (Å²) in [5, 5.41) is 3.75. The molecule has 0 spiro atoms. The zero-order valence-corrected chi connectivity index (χ0v) is 14.1. The normalized spacial score (nSPS) is 16.4. The summed E-state index contributed by atoms with van der Waals surface area (Å²) in [5.41, 5.74) is 2.78. The Morgan fingerprint density at radius 3 is 2.43 bits per heavy atom. The first-order valence-corrected chi connectivity index (χ1v) is 8.75. The second kappa shape index (κ2) is 8.55. The summed E-state index contributed by atoms with van der Waals surface area (Å²) in [6.45, 7) is 11.5. The summed E-state index contributed by atoms with van der Waals surface area (Å²) >= 11 is 0. The molecule has 1 aromatic rings. The summed E-state index contributed by atoms with van der Waals surface area (Å²) in [5.74, 6) is 0.974. The minimum Gasteiger partial charge on any atom is -0.309 e. The van der Waals surface area contributed by atoms with Gasteiger partial charge in [-0.2, -0.15) is 0 Å². The van der Waals surface area contributed by atoms with Crippen LogP contribution in [0.2, 0.25) is 0 Å². The maximum atomic E-state index is 3.75. The number of nitrogens with zero attached hydrogens (tertiary/aromatic N) is 1. The smallest absolute Gasteiger partial charge is 0.0449 e. The average Bonchev–Trinajstić information content (AvgIpc) is 3.28. The van der Waals surface area contributed by atoms with Crippen molar-refractivity contribution >= 4 is 0 Å². The lowest BCUT2D eigenvalue weighted by Crippen LogP contribution is -2.37. The van der Waals surface area contributed by atoms with Crippen molar-refractivity contribution in [2.75, 3.05) is 26.2 Å². The Morgan fingerprint density at radius 2 is 1.86 bits per heavy atom. The maximum absolute atomic E-state index is 3.75. The predicted octanol–water partition coefficient (Wildman–Crippen LogP) is 4.16. The molecule has 1 fully saturated rings. The molecule has 1 aromatic carbocycles. The van der Waals surface area contributed by atoms with E-state index >= 15 is 0 Å². The number of benzene rings is 1. The molecule has 0 amide bonds. The van der Waals surface area contributed by atoms with Crippen LogP contribution in [0.4, 0.5) is 0 Å². The van der Waals surface area contributed by atoms with Crippen molar-refractivity contribution in [3.05, 3.63) is 35.4 Å². The summed E-state index contributed by atoms with van der Waals surface area (Å²) in [4.78, 5) is 2.67. The van der Waals surface area contributed by atoms with Gasteiger partial charge in [-0.15, -0.1) is 0 Å². The third-order valence-electron chi connectivity index (χ3n) is 4.31. The summed E-state index contributed by atoms with van der Waals surface area (Å²) < 4.78 is 0. The highest BCUT2D eigenvalue weighted by atomic mass is 15.2. The molecular weight excluding hydrogens is 256 g/mol. The Hall–Kier alpha value is -0.860. The van der Waals surface area contributed by atoms with Crippen LogP contribution in [-0.4, -0.2) is 31.1 Å². The van der Waals surface area contributed by atoms with Crippen molar-refractivity contribution < 1.29 is 0 Å². The molecule has 0 radical (unpaired) electrons. The van der Waals surface area contributed by atoms with E-state index in [-0.39, 0.29) is 0 Å². The third-order valence-corrected chi connectivity index (χ3v) is 4.31. The lowest BCUT2D eigenvalue weighted by molar-refractivity contribution is 0.233. The third kappa shape index (κ3) is 5.80. The van der Waals surface area contributed by atoms with Crippen LogP contribution < -0.4 is 5.32 Å². The van der Waals surface area contributed by atoms with Crippen LogP contribution in [0.25, 0.3) is 0 Å². The standard InChI is InChI=1S/C19H32N2/c1-4-12-20-19(18-10-6-16(3)7-11-18)15-21(13-5-2)14-17-8-9-17/h6-7,10-11,17,19-20H,4-5,8-9,12-15H2,1-3H3. The highest BCUT2D eigenvalue weighted by molar-refractivity contribution is 5.24. The van der Waals surface area contributed by atoms with Crippen LogP contribution in [0.3, 0.4) is 0 Å². The van der Waals surface area contributed by atoms with Crippen LogP contribution in [0.15, 0.2) is 24.3 Å². The van der Waals surface area contributed by atoms with Gasteiger partial charge in [-0.3, -0.25) is 0 Å². The number of hydrogen-bond donors (Lipinski definition) is 1. The molecule has 0 saturated heterocycles. The molecule has 21 heavy (non-hydrogen) atoms. The summed E-state index contributed by atoms with van der Waals surface area (Å²) in [6.07, 6.45) is 5.33. The fourth-order valence-corrected chi connectivity index (χ4v) is 2.90. The Bertz CT molecular complexity index is 395. The Balaban J connectivity index is 2.00. The topological polar surface area (TPSA) is 15.3 Å². The van der Waals surface area contributed by atoms with Crippen LogP contribution in [-0.2, 0) is 0 Å². The average molecular weight is 288 g/mol. The SMILES string of the molecule is CCCNC(CN(CCC)CC1CC1)c1ccc(C)cc1. The Kier molecular flexibility index (Phi) is 6.72. The first kappa shape index (κ1) is 16.5. The molecule has 1 aliphatic carbocycles. The van der Waals surface area contributed by atoms with E-state index in [0.717, 1.165) is 19.0 Å². The van der Waals surface area contributed by atoms with Gasteiger partial charge in [0.15, 0.2) is 0 Å². The van der Waals surface area contributed by atoms with E-state index in [4.69, 9.17) is 0 Å². The molecular formula is C19H32N2. The van der Waals surface area contributed by atoms with Gasteiger partial charge in [-0.25, -0.2) is 0 Å². The fourth-order valence-electron chi connectivity index (χ4n) is 2.90. The molecule has 0 aliphatic heterocycles. The molecule has 0 heterocycles. The van der Waals surface area contributed by atoms with E-state index < -0.39 is 0 Å². The second-order valence-corrected chi connectivity index (χ2v) is 6.62. The van der Waals surface area contributed by atoms with E-state index in [9.17, 15) is 0 Å². The molecule has 1 aliphatic rings. The molecule has 1 N–H and O–H groups in total. The van der Waals surface area contributed by atoms with Gasteiger partial charge < -0.3 is 10.2 Å². The van der Waals surface area contributed by atoms with Gasteiger partial charge in [-0.05, 0) is 57.2 Å². The number of aryl methyl sites for hydroxylation is 1. The van der Waals surface area contributed by atoms with Gasteiger partial charge in [0.1, 0.15) is 0 Å². The molecule has 1 atom stereocenters. The van der Waals surface area contributed by atoms with Crippen molar-refractivity contribution in [2.45, 2.75) is 52.5 Å². The van der Waals surface area contributed by atoms with Gasteiger partial charge in [0, 0.05) is 19.1 Å². The molecule has 2 nitrogen and oxygen atoms in total. The quantitative estimate of drug-likeness (QED) is 0.695. The van der Waals surface area contributed by atoms with Gasteiger partial charge in [0.05, 0.1) is 0 Å². The van der Waals surface area contributed by atoms with Gasteiger partial charge >= 0.3 is 0 Å². The number of nitrogens with one attached hydrogen (secondary N) is 1. The van der Waals surface area contributed by atoms with E-state index in [2.05, 4.69) is 55.3 Å². The van der Waals surface area contributed by atoms with Crippen LogP contribution in [0, 0.1) is 12.8 Å². The molecule has 1 unspecified atom stereocenters. The lowest BCUT2D eigenvalue weighted by atomic mass is 10.0. The van der Waals surface area contributed by atoms with E-state index in [1.165, 1.54) is 49.9 Å². The lowest BCUT2D eigenvalue weighted by Gasteiger charge is -2.28. The van der Waals surface area contributed by atoms with Crippen LogP contribution >= 0.6 is 0 Å². The first-order valence-electron chi connectivity index (χ1n) is 8.75. The molecule has 118 valence electrons. The van der Waals surface area contributed by atoms with Crippen molar-refractivity contribution in [3.63, 3.8) is 0 Å². The van der Waals surface area contributed by atoms with Crippen molar-refractivity contribution in [3.8, 4) is 0 Å². The molecule has 0 aromatic heterocycles. The van der Waals surface area contributed by atoms with Crippen molar-refractivity contribution in [2.24, 2.45) is 5.92 Å². The maximum Gasteiger partial charge on any atom is 0.0449 e.